The Morgan fingerprint density at radius 2 is 2.33 bits per heavy atom. The van der Waals surface area contributed by atoms with Crippen molar-refractivity contribution in [2.45, 2.75) is 6.92 Å². The van der Waals surface area contributed by atoms with Crippen molar-refractivity contribution in [1.82, 2.24) is 9.88 Å². The molecule has 1 heterocycles. The number of halogens is 2. The molecular weight excluding hydrogens is 445 g/mol. The number of anilines is 3. The Kier molecular flexibility index (Phi) is 4.09. The maximum absolute atomic E-state index is 14.2. The molecule has 0 saturated heterocycles. The van der Waals surface area contributed by atoms with Crippen molar-refractivity contribution >= 4 is 45.5 Å². The van der Waals surface area contributed by atoms with Gasteiger partial charge in [0.1, 0.15) is 17.6 Å². The standard InChI is InChI=1S/C24H23ClFN5O2/c1-4-33-22-12-20-17(11-21(22)30-23(32)6-5-9-31(2)3)24(15(13-27)14-28-20)29-16-7-8-19(26)18(25)10-16/h5-8,10-12,14H,4,9H2,1-3H3,(H,28,29)(H,30,32)/b6-5+/i2D3,3D3,4D2,5D,7D,8D,10D. The smallest absolute Gasteiger partial charge is 0.248 e. The average Bonchev–Trinajstić information content (AvgIpc) is 2.90. The summed E-state index contributed by atoms with van der Waals surface area (Å²) in [6.45, 7) is -8.42. The third kappa shape index (κ3) is 5.98. The summed E-state index contributed by atoms with van der Waals surface area (Å²) < 4.78 is 112. The SMILES string of the molecule is [2H]/C(=C\C(=O)Nc1cc2c(Nc3c([2H])c([2H])c(F)c(Cl)c3[2H])c(C#N)cnc2cc1OC([2H])([2H])C)CN(C([2H])([2H])[2H])C([2H])([2H])[2H]. The van der Waals surface area contributed by atoms with E-state index in [-0.39, 0.29) is 38.5 Å². The molecule has 0 atom stereocenters. The predicted molar refractivity (Wildman–Crippen MR) is 129 cm³/mol. The summed E-state index contributed by atoms with van der Waals surface area (Å²) in [5.74, 6) is -2.64. The second-order valence-corrected chi connectivity index (χ2v) is 6.64. The first-order valence-electron chi connectivity index (χ1n) is 15.1. The van der Waals surface area contributed by atoms with Crippen molar-refractivity contribution in [1.29, 1.82) is 5.26 Å². The van der Waals surface area contributed by atoms with Gasteiger partial charge >= 0.3 is 0 Å². The van der Waals surface area contributed by atoms with Gasteiger partial charge in [-0.05, 0) is 45.1 Å². The van der Waals surface area contributed by atoms with Gasteiger partial charge in [-0.3, -0.25) is 9.78 Å². The van der Waals surface area contributed by atoms with Gasteiger partial charge in [-0.15, -0.1) is 0 Å². The lowest BCUT2D eigenvalue weighted by atomic mass is 10.1. The van der Waals surface area contributed by atoms with Gasteiger partial charge in [0, 0.05) is 44.2 Å². The van der Waals surface area contributed by atoms with Crippen LogP contribution >= 0.6 is 11.6 Å². The van der Waals surface area contributed by atoms with E-state index < -0.39 is 73.7 Å². The van der Waals surface area contributed by atoms with Crippen LogP contribution in [0, 0.1) is 17.1 Å². The number of carbonyl (C=O) groups is 1. The lowest BCUT2D eigenvalue weighted by Crippen LogP contribution is -2.13. The predicted octanol–water partition coefficient (Wildman–Crippen LogP) is 5.10. The normalized spacial score (nSPS) is 17.8. The maximum atomic E-state index is 14.2. The van der Waals surface area contributed by atoms with Crippen LogP contribution in [0.3, 0.4) is 0 Å². The molecule has 0 bridgehead atoms. The molecule has 33 heavy (non-hydrogen) atoms. The monoisotopic (exact) mass is 479 g/mol. The summed E-state index contributed by atoms with van der Waals surface area (Å²) in [4.78, 5) is 17.1. The molecule has 1 aromatic heterocycles. The number of fused-ring (bicyclic) bond motifs is 1. The van der Waals surface area contributed by atoms with Crippen molar-refractivity contribution in [3.05, 3.63) is 65.0 Å². The van der Waals surface area contributed by atoms with Gasteiger partial charge in [-0.25, -0.2) is 4.39 Å². The molecular formula is C24H23ClFN5O2. The highest BCUT2D eigenvalue weighted by Gasteiger charge is 2.15. The Balaban J connectivity index is 2.16. The number of nitrogens with zero attached hydrogens (tertiary/aromatic N) is 3. The highest BCUT2D eigenvalue weighted by atomic mass is 35.5. The molecule has 170 valence electrons. The third-order valence-electron chi connectivity index (χ3n) is 4.02. The van der Waals surface area contributed by atoms with E-state index in [2.05, 4.69) is 15.6 Å². The van der Waals surface area contributed by atoms with Crippen LogP contribution in [0.15, 0.2) is 48.6 Å². The van der Waals surface area contributed by atoms with Gasteiger partial charge in [0.05, 0.1) is 42.3 Å². The molecule has 3 aromatic rings. The van der Waals surface area contributed by atoms with Crippen LogP contribution in [0.25, 0.3) is 10.9 Å². The molecule has 0 radical (unpaired) electrons. The first-order chi connectivity index (χ1) is 20.5. The highest BCUT2D eigenvalue weighted by molar-refractivity contribution is 6.31. The summed E-state index contributed by atoms with van der Waals surface area (Å²) in [6.07, 6.45) is 1.71. The minimum absolute atomic E-state index is 0.0326. The molecule has 2 N–H and O–H groups in total. The maximum Gasteiger partial charge on any atom is 0.248 e. The zero-order chi connectivity index (χ0) is 34.2. The van der Waals surface area contributed by atoms with Crippen LogP contribution in [0.5, 0.6) is 5.75 Å². The molecule has 0 aliphatic heterocycles. The van der Waals surface area contributed by atoms with E-state index in [4.69, 9.17) is 32.8 Å². The number of rotatable bonds is 8. The number of amides is 1. The van der Waals surface area contributed by atoms with E-state index in [0.29, 0.717) is 6.08 Å². The van der Waals surface area contributed by atoms with Crippen LogP contribution < -0.4 is 15.4 Å². The van der Waals surface area contributed by atoms with E-state index in [1.165, 1.54) is 12.1 Å². The fraction of sp³-hybridized carbons (Fsp3) is 0.208. The summed E-state index contributed by atoms with van der Waals surface area (Å²) >= 11 is 5.84. The first-order valence-corrected chi connectivity index (χ1v) is 9.46. The van der Waals surface area contributed by atoms with Crippen molar-refractivity contribution in [2.24, 2.45) is 0 Å². The zero-order valence-corrected chi connectivity index (χ0v) is 17.7. The van der Waals surface area contributed by atoms with E-state index in [9.17, 15) is 14.4 Å². The number of aromatic nitrogens is 1. The van der Waals surface area contributed by atoms with E-state index in [1.54, 1.807) is 0 Å². The highest BCUT2D eigenvalue weighted by Crippen LogP contribution is 2.36. The number of likely N-dealkylation sites (N-methyl/N-ethyl adjacent to an activating group) is 1. The van der Waals surface area contributed by atoms with E-state index in [1.807, 2.05) is 6.07 Å². The molecule has 0 aliphatic carbocycles. The lowest BCUT2D eigenvalue weighted by molar-refractivity contribution is -0.111. The number of hydrogen-bond donors (Lipinski definition) is 2. The largest absolute Gasteiger partial charge is 0.492 e. The number of benzene rings is 2. The number of nitriles is 1. The topological polar surface area (TPSA) is 90.3 Å². The molecule has 2 aromatic carbocycles. The second kappa shape index (κ2) is 10.8. The molecule has 9 heteroatoms. The van der Waals surface area contributed by atoms with Gasteiger partial charge < -0.3 is 20.3 Å². The number of pyridine rings is 1. The average molecular weight is 480 g/mol. The van der Waals surface area contributed by atoms with Crippen LogP contribution in [-0.4, -0.2) is 42.8 Å². The Morgan fingerprint density at radius 1 is 1.52 bits per heavy atom. The lowest BCUT2D eigenvalue weighted by Gasteiger charge is -2.16. The molecule has 7 nitrogen and oxygen atoms in total. The molecule has 3 rings (SSSR count). The summed E-state index contributed by atoms with van der Waals surface area (Å²) in [6, 6.07) is 1.17. The number of hydrogen-bond acceptors (Lipinski definition) is 6. The Hall–Kier alpha value is -3.67. The Morgan fingerprint density at radius 3 is 3.06 bits per heavy atom. The molecule has 1 amide bonds. The number of nitrogens with one attached hydrogen (secondary N) is 2. The first kappa shape index (κ1) is 12.5. The minimum atomic E-state index is -3.11. The van der Waals surface area contributed by atoms with E-state index >= 15 is 0 Å². The van der Waals surface area contributed by atoms with Gasteiger partial charge in [0.15, 0.2) is 0 Å². The summed E-state index contributed by atoms with van der Waals surface area (Å²) in [7, 11) is 0. The molecule has 0 saturated carbocycles. The van der Waals surface area contributed by atoms with E-state index in [0.717, 1.165) is 13.1 Å². The van der Waals surface area contributed by atoms with Crippen molar-refractivity contribution in [3.63, 3.8) is 0 Å². The molecule has 0 fully saturated rings. The van der Waals surface area contributed by atoms with Crippen LogP contribution in [0.2, 0.25) is 5.02 Å². The van der Waals surface area contributed by atoms with Gasteiger partial charge in [0.25, 0.3) is 0 Å². The zero-order valence-electron chi connectivity index (χ0n) is 28.9. The third-order valence-corrected chi connectivity index (χ3v) is 4.28. The van der Waals surface area contributed by atoms with Crippen LogP contribution in [0.4, 0.5) is 21.5 Å². The van der Waals surface area contributed by atoms with Crippen molar-refractivity contribution < 1.29 is 30.4 Å². The van der Waals surface area contributed by atoms with Crippen molar-refractivity contribution in [2.75, 3.05) is 37.7 Å². The number of ether oxygens (including phenoxy) is 1. The van der Waals surface area contributed by atoms with Crippen LogP contribution in [-0.2, 0) is 4.79 Å². The fourth-order valence-corrected chi connectivity index (χ4v) is 2.83. The molecule has 0 unspecified atom stereocenters. The second-order valence-electron chi connectivity index (χ2n) is 6.26. The Labute approximate surface area is 213 Å². The quantitative estimate of drug-likeness (QED) is 0.437. The fourth-order valence-electron chi connectivity index (χ4n) is 2.69. The van der Waals surface area contributed by atoms with Gasteiger partial charge in [0.2, 0.25) is 5.91 Å². The van der Waals surface area contributed by atoms with Crippen LogP contribution in [0.1, 0.15) is 28.9 Å². The Bertz CT molecular complexity index is 1690. The number of carbonyl (C=O) groups excluding carboxylic acids is 1. The molecule has 0 spiro atoms. The van der Waals surface area contributed by atoms with Crippen molar-refractivity contribution in [3.8, 4) is 11.8 Å². The summed E-state index contributed by atoms with van der Waals surface area (Å²) in [5.41, 5.74) is -0.903. The van der Waals surface area contributed by atoms with Gasteiger partial charge in [-0.2, -0.15) is 5.26 Å². The summed E-state index contributed by atoms with van der Waals surface area (Å²) in [5, 5.41) is 14.0. The molecule has 0 aliphatic rings. The van der Waals surface area contributed by atoms with Gasteiger partial charge in [-0.1, -0.05) is 17.7 Å². The minimum Gasteiger partial charge on any atom is -0.492 e.